The van der Waals surface area contributed by atoms with Crippen molar-refractivity contribution in [3.05, 3.63) is 11.9 Å². The highest BCUT2D eigenvalue weighted by atomic mass is 16.5. The zero-order chi connectivity index (χ0) is 11.8. The molecule has 0 fully saturated rings. The number of nitrogens with one attached hydrogen (secondary N) is 1. The summed E-state index contributed by atoms with van der Waals surface area (Å²) in [4.78, 5) is 8.53. The Balaban J connectivity index is 2.51. The highest BCUT2D eigenvalue weighted by Crippen LogP contribution is 2.09. The van der Waals surface area contributed by atoms with E-state index in [9.17, 15) is 0 Å². The molecule has 1 rings (SSSR count). The molecule has 16 heavy (non-hydrogen) atoms. The summed E-state index contributed by atoms with van der Waals surface area (Å²) < 4.78 is 5.23. The normalized spacial score (nSPS) is 10.4. The lowest BCUT2D eigenvalue weighted by Crippen LogP contribution is -2.12. The van der Waals surface area contributed by atoms with Crippen LogP contribution in [0.25, 0.3) is 0 Å². The van der Waals surface area contributed by atoms with Gasteiger partial charge in [-0.3, -0.25) is 0 Å². The van der Waals surface area contributed by atoms with Gasteiger partial charge in [-0.15, -0.1) is 0 Å². The highest BCUT2D eigenvalue weighted by Gasteiger charge is 2.01. The summed E-state index contributed by atoms with van der Waals surface area (Å²) in [6.07, 6.45) is 1.87. The van der Waals surface area contributed by atoms with Crippen molar-refractivity contribution < 1.29 is 4.74 Å². The van der Waals surface area contributed by atoms with Gasteiger partial charge in [-0.05, 0) is 13.3 Å². The fraction of sp³-hybridized carbons (Fsp3) is 0.636. The number of hydrogen-bond acceptors (Lipinski definition) is 5. The molecule has 0 saturated heterocycles. The first-order valence-corrected chi connectivity index (χ1v) is 5.71. The van der Waals surface area contributed by atoms with E-state index in [1.54, 1.807) is 6.07 Å². The quantitative estimate of drug-likeness (QED) is 0.686. The fourth-order valence-electron chi connectivity index (χ4n) is 1.34. The SMILES string of the molecule is CCCc1nc(N)cc(NCCOCC)n1. The van der Waals surface area contributed by atoms with Crippen LogP contribution >= 0.6 is 0 Å². The molecule has 0 spiro atoms. The zero-order valence-corrected chi connectivity index (χ0v) is 9.99. The second kappa shape index (κ2) is 7.00. The molecule has 1 aromatic heterocycles. The third-order valence-corrected chi connectivity index (χ3v) is 2.02. The van der Waals surface area contributed by atoms with E-state index in [1.165, 1.54) is 0 Å². The van der Waals surface area contributed by atoms with Crippen LogP contribution in [-0.2, 0) is 11.2 Å². The van der Waals surface area contributed by atoms with E-state index in [2.05, 4.69) is 22.2 Å². The van der Waals surface area contributed by atoms with Crippen LogP contribution in [0.2, 0.25) is 0 Å². The lowest BCUT2D eigenvalue weighted by molar-refractivity contribution is 0.158. The van der Waals surface area contributed by atoms with Gasteiger partial charge in [0.2, 0.25) is 0 Å². The maximum Gasteiger partial charge on any atom is 0.133 e. The molecule has 0 aliphatic rings. The van der Waals surface area contributed by atoms with Crippen molar-refractivity contribution in [2.45, 2.75) is 26.7 Å². The zero-order valence-electron chi connectivity index (χ0n) is 9.99. The Morgan fingerprint density at radius 1 is 1.38 bits per heavy atom. The molecule has 0 aliphatic heterocycles. The molecular weight excluding hydrogens is 204 g/mol. The van der Waals surface area contributed by atoms with Crippen LogP contribution in [0.4, 0.5) is 11.6 Å². The smallest absolute Gasteiger partial charge is 0.133 e. The fourth-order valence-corrected chi connectivity index (χ4v) is 1.34. The van der Waals surface area contributed by atoms with Gasteiger partial charge in [0.1, 0.15) is 17.5 Å². The molecule has 0 bridgehead atoms. The van der Waals surface area contributed by atoms with E-state index in [0.29, 0.717) is 12.4 Å². The minimum absolute atomic E-state index is 0.511. The average Bonchev–Trinajstić information content (AvgIpc) is 2.24. The Kier molecular flexibility index (Phi) is 5.56. The van der Waals surface area contributed by atoms with E-state index in [1.807, 2.05) is 6.92 Å². The molecule has 5 heteroatoms. The van der Waals surface area contributed by atoms with Crippen molar-refractivity contribution in [2.24, 2.45) is 0 Å². The summed E-state index contributed by atoms with van der Waals surface area (Å²) in [5.41, 5.74) is 5.70. The second-order valence-corrected chi connectivity index (χ2v) is 3.47. The third kappa shape index (κ3) is 4.44. The maximum absolute atomic E-state index is 5.70. The van der Waals surface area contributed by atoms with E-state index < -0.39 is 0 Å². The van der Waals surface area contributed by atoms with Crippen molar-refractivity contribution in [3.63, 3.8) is 0 Å². The molecule has 0 atom stereocenters. The Bertz CT molecular complexity index is 317. The predicted molar refractivity (Wildman–Crippen MR) is 65.4 cm³/mol. The van der Waals surface area contributed by atoms with Crippen LogP contribution in [-0.4, -0.2) is 29.7 Å². The standard InChI is InChI=1S/C11H20N4O/c1-3-5-10-14-9(12)8-11(15-10)13-6-7-16-4-2/h8H,3-7H2,1-2H3,(H3,12,13,14,15). The van der Waals surface area contributed by atoms with Crippen LogP contribution in [0, 0.1) is 0 Å². The molecule has 3 N–H and O–H groups in total. The topological polar surface area (TPSA) is 73.1 Å². The van der Waals surface area contributed by atoms with Gasteiger partial charge in [0.25, 0.3) is 0 Å². The molecular formula is C11H20N4O. The first kappa shape index (κ1) is 12.7. The molecule has 5 nitrogen and oxygen atoms in total. The summed E-state index contributed by atoms with van der Waals surface area (Å²) in [6.45, 7) is 6.20. The molecule has 0 unspecified atom stereocenters. The van der Waals surface area contributed by atoms with Gasteiger partial charge in [-0.25, -0.2) is 9.97 Å². The summed E-state index contributed by atoms with van der Waals surface area (Å²) in [7, 11) is 0. The largest absolute Gasteiger partial charge is 0.384 e. The van der Waals surface area contributed by atoms with Gasteiger partial charge >= 0.3 is 0 Å². The minimum Gasteiger partial charge on any atom is -0.384 e. The van der Waals surface area contributed by atoms with Crippen molar-refractivity contribution >= 4 is 11.6 Å². The van der Waals surface area contributed by atoms with E-state index in [4.69, 9.17) is 10.5 Å². The van der Waals surface area contributed by atoms with E-state index in [0.717, 1.165) is 37.6 Å². The Morgan fingerprint density at radius 3 is 2.88 bits per heavy atom. The van der Waals surface area contributed by atoms with Crippen LogP contribution in [0.5, 0.6) is 0 Å². The summed E-state index contributed by atoms with van der Waals surface area (Å²) >= 11 is 0. The van der Waals surface area contributed by atoms with Gasteiger partial charge < -0.3 is 15.8 Å². The molecule has 0 aromatic carbocycles. The average molecular weight is 224 g/mol. The first-order chi connectivity index (χ1) is 7.76. The minimum atomic E-state index is 0.511. The van der Waals surface area contributed by atoms with Gasteiger partial charge in [0, 0.05) is 25.6 Å². The maximum atomic E-state index is 5.70. The highest BCUT2D eigenvalue weighted by molar-refractivity contribution is 5.44. The Morgan fingerprint density at radius 2 is 2.19 bits per heavy atom. The number of nitrogens with two attached hydrogens (primary N) is 1. The number of hydrogen-bond donors (Lipinski definition) is 2. The predicted octanol–water partition coefficient (Wildman–Crippen LogP) is 1.46. The number of ether oxygens (including phenoxy) is 1. The number of nitrogen functional groups attached to an aromatic ring is 1. The molecule has 1 aromatic rings. The molecule has 0 radical (unpaired) electrons. The number of nitrogens with zero attached hydrogens (tertiary/aromatic N) is 2. The van der Waals surface area contributed by atoms with Crippen molar-refractivity contribution in [1.29, 1.82) is 0 Å². The monoisotopic (exact) mass is 224 g/mol. The summed E-state index contributed by atoms with van der Waals surface area (Å²) in [6, 6.07) is 1.74. The summed E-state index contributed by atoms with van der Waals surface area (Å²) in [5, 5.41) is 3.16. The van der Waals surface area contributed by atoms with Crippen molar-refractivity contribution in [3.8, 4) is 0 Å². The molecule has 90 valence electrons. The lowest BCUT2D eigenvalue weighted by Gasteiger charge is -2.07. The van der Waals surface area contributed by atoms with Crippen molar-refractivity contribution in [2.75, 3.05) is 30.8 Å². The third-order valence-electron chi connectivity index (χ3n) is 2.02. The number of anilines is 2. The Labute approximate surface area is 96.4 Å². The molecule has 0 saturated carbocycles. The molecule has 1 heterocycles. The van der Waals surface area contributed by atoms with E-state index in [-0.39, 0.29) is 0 Å². The lowest BCUT2D eigenvalue weighted by atomic mass is 10.3. The van der Waals surface area contributed by atoms with Gasteiger partial charge in [-0.1, -0.05) is 6.92 Å². The van der Waals surface area contributed by atoms with Crippen LogP contribution in [0.1, 0.15) is 26.1 Å². The second-order valence-electron chi connectivity index (χ2n) is 3.47. The number of aryl methyl sites for hydroxylation is 1. The van der Waals surface area contributed by atoms with Crippen molar-refractivity contribution in [1.82, 2.24) is 9.97 Å². The summed E-state index contributed by atoms with van der Waals surface area (Å²) in [5.74, 6) is 2.08. The molecule has 0 aliphatic carbocycles. The van der Waals surface area contributed by atoms with Gasteiger partial charge in [-0.2, -0.15) is 0 Å². The Hall–Kier alpha value is -1.36. The first-order valence-electron chi connectivity index (χ1n) is 5.71. The van der Waals surface area contributed by atoms with Crippen LogP contribution < -0.4 is 11.1 Å². The van der Waals surface area contributed by atoms with Crippen LogP contribution in [0.3, 0.4) is 0 Å². The number of aromatic nitrogens is 2. The number of rotatable bonds is 7. The van der Waals surface area contributed by atoms with Gasteiger partial charge in [0.15, 0.2) is 0 Å². The van der Waals surface area contributed by atoms with E-state index >= 15 is 0 Å². The van der Waals surface area contributed by atoms with Gasteiger partial charge in [0.05, 0.1) is 6.61 Å². The van der Waals surface area contributed by atoms with Crippen LogP contribution in [0.15, 0.2) is 6.07 Å². The molecule has 0 amide bonds.